The summed E-state index contributed by atoms with van der Waals surface area (Å²) >= 11 is 7.16. The van der Waals surface area contributed by atoms with Gasteiger partial charge in [-0.05, 0) is 49.2 Å². The number of halogens is 1. The minimum Gasteiger partial charge on any atom is -0.342 e. The SMILES string of the molecule is CCc1ccccc1NC(=O)CSc1nnc([C@H](C)NC(=O)c2ccc(Cl)cc2)n1C. The number of nitrogens with one attached hydrogen (secondary N) is 2. The van der Waals surface area contributed by atoms with Gasteiger partial charge in [0.2, 0.25) is 5.91 Å². The molecule has 0 bridgehead atoms. The molecule has 0 saturated heterocycles. The number of rotatable bonds is 8. The summed E-state index contributed by atoms with van der Waals surface area (Å²) in [5, 5.41) is 15.4. The van der Waals surface area contributed by atoms with E-state index in [4.69, 9.17) is 11.6 Å². The predicted molar refractivity (Wildman–Crippen MR) is 124 cm³/mol. The Hall–Kier alpha value is -2.84. The molecule has 31 heavy (non-hydrogen) atoms. The third kappa shape index (κ3) is 5.86. The van der Waals surface area contributed by atoms with Crippen molar-refractivity contribution in [2.45, 2.75) is 31.5 Å². The standard InChI is InChI=1S/C22H24ClN5O2S/c1-4-15-7-5-6-8-18(15)25-19(29)13-31-22-27-26-20(28(22)3)14(2)24-21(30)16-9-11-17(23)12-10-16/h5-12,14H,4,13H2,1-3H3,(H,24,30)(H,25,29)/t14-/m0/s1. The molecule has 9 heteroatoms. The van der Waals surface area contributed by atoms with E-state index in [9.17, 15) is 9.59 Å². The van der Waals surface area contributed by atoms with Gasteiger partial charge in [-0.25, -0.2) is 0 Å². The summed E-state index contributed by atoms with van der Waals surface area (Å²) < 4.78 is 1.78. The van der Waals surface area contributed by atoms with Gasteiger partial charge in [0, 0.05) is 23.3 Å². The first-order valence-corrected chi connectivity index (χ1v) is 11.2. The molecular weight excluding hydrogens is 434 g/mol. The quantitative estimate of drug-likeness (QED) is 0.493. The normalized spacial score (nSPS) is 11.7. The van der Waals surface area contributed by atoms with Gasteiger partial charge >= 0.3 is 0 Å². The van der Waals surface area contributed by atoms with Gasteiger partial charge in [0.1, 0.15) is 0 Å². The van der Waals surface area contributed by atoms with E-state index in [0.29, 0.717) is 21.6 Å². The van der Waals surface area contributed by atoms with E-state index < -0.39 is 0 Å². The van der Waals surface area contributed by atoms with Gasteiger partial charge in [0.05, 0.1) is 11.8 Å². The number of para-hydroxylation sites is 1. The highest BCUT2D eigenvalue weighted by molar-refractivity contribution is 7.99. The van der Waals surface area contributed by atoms with E-state index in [0.717, 1.165) is 17.7 Å². The van der Waals surface area contributed by atoms with E-state index in [2.05, 4.69) is 20.8 Å². The Morgan fingerprint density at radius 1 is 1.13 bits per heavy atom. The van der Waals surface area contributed by atoms with Crippen molar-refractivity contribution in [2.24, 2.45) is 7.05 Å². The Kier molecular flexibility index (Phi) is 7.70. The van der Waals surface area contributed by atoms with Crippen molar-refractivity contribution in [3.63, 3.8) is 0 Å². The lowest BCUT2D eigenvalue weighted by molar-refractivity contribution is -0.113. The average molecular weight is 458 g/mol. The maximum atomic E-state index is 12.4. The fraction of sp³-hybridized carbons (Fsp3) is 0.273. The van der Waals surface area contributed by atoms with Gasteiger partial charge in [-0.15, -0.1) is 10.2 Å². The minimum absolute atomic E-state index is 0.112. The van der Waals surface area contributed by atoms with Gasteiger partial charge in [-0.2, -0.15) is 0 Å². The number of aromatic nitrogens is 3. The number of anilines is 1. The Morgan fingerprint density at radius 3 is 2.55 bits per heavy atom. The topological polar surface area (TPSA) is 88.9 Å². The summed E-state index contributed by atoms with van der Waals surface area (Å²) in [5.74, 6) is 0.464. The van der Waals surface area contributed by atoms with Crippen LogP contribution in [0.15, 0.2) is 53.7 Å². The molecule has 1 heterocycles. The molecule has 0 unspecified atom stereocenters. The molecular formula is C22H24ClN5O2S. The second-order valence-electron chi connectivity index (χ2n) is 6.95. The van der Waals surface area contributed by atoms with Crippen LogP contribution in [0.25, 0.3) is 0 Å². The van der Waals surface area contributed by atoms with E-state index in [1.807, 2.05) is 45.2 Å². The van der Waals surface area contributed by atoms with Crippen molar-refractivity contribution >= 4 is 40.9 Å². The smallest absolute Gasteiger partial charge is 0.251 e. The van der Waals surface area contributed by atoms with E-state index in [-0.39, 0.29) is 23.6 Å². The number of carbonyl (C=O) groups excluding carboxylic acids is 2. The van der Waals surface area contributed by atoms with Crippen LogP contribution < -0.4 is 10.6 Å². The third-order valence-electron chi connectivity index (χ3n) is 4.71. The molecule has 0 saturated carbocycles. The molecule has 0 spiro atoms. The summed E-state index contributed by atoms with van der Waals surface area (Å²) in [6, 6.07) is 14.1. The number of hydrogen-bond donors (Lipinski definition) is 2. The highest BCUT2D eigenvalue weighted by Crippen LogP contribution is 2.21. The fourth-order valence-electron chi connectivity index (χ4n) is 3.04. The molecule has 3 aromatic rings. The molecule has 162 valence electrons. The third-order valence-corrected chi connectivity index (χ3v) is 5.99. The second-order valence-corrected chi connectivity index (χ2v) is 8.33. The predicted octanol–water partition coefficient (Wildman–Crippen LogP) is 4.25. The number of aryl methyl sites for hydroxylation is 1. The molecule has 7 nitrogen and oxygen atoms in total. The minimum atomic E-state index is -0.361. The summed E-state index contributed by atoms with van der Waals surface area (Å²) in [5.41, 5.74) is 2.43. The van der Waals surface area contributed by atoms with Crippen LogP contribution in [0.4, 0.5) is 5.69 Å². The van der Waals surface area contributed by atoms with Crippen molar-refractivity contribution in [1.29, 1.82) is 0 Å². The second kappa shape index (κ2) is 10.5. The van der Waals surface area contributed by atoms with Crippen LogP contribution in [0.3, 0.4) is 0 Å². The van der Waals surface area contributed by atoms with Crippen LogP contribution in [0.5, 0.6) is 0 Å². The van der Waals surface area contributed by atoms with Gasteiger partial charge in [0.15, 0.2) is 11.0 Å². The first-order chi connectivity index (χ1) is 14.9. The zero-order valence-corrected chi connectivity index (χ0v) is 19.1. The maximum Gasteiger partial charge on any atom is 0.251 e. The molecule has 2 aromatic carbocycles. The highest BCUT2D eigenvalue weighted by Gasteiger charge is 2.19. The summed E-state index contributed by atoms with van der Waals surface area (Å²) in [4.78, 5) is 24.8. The Bertz CT molecular complexity index is 1070. The van der Waals surface area contributed by atoms with Crippen LogP contribution in [0.2, 0.25) is 5.02 Å². The summed E-state index contributed by atoms with van der Waals surface area (Å²) in [6.07, 6.45) is 0.843. The number of nitrogens with zero attached hydrogens (tertiary/aromatic N) is 3. The van der Waals surface area contributed by atoms with Gasteiger partial charge in [-0.3, -0.25) is 9.59 Å². The molecule has 2 N–H and O–H groups in total. The zero-order valence-electron chi connectivity index (χ0n) is 17.6. The zero-order chi connectivity index (χ0) is 22.4. The van der Waals surface area contributed by atoms with Gasteiger partial charge in [-0.1, -0.05) is 48.5 Å². The number of hydrogen-bond acceptors (Lipinski definition) is 5. The van der Waals surface area contributed by atoms with Crippen molar-refractivity contribution in [1.82, 2.24) is 20.1 Å². The number of thioether (sulfide) groups is 1. The molecule has 0 aliphatic carbocycles. The van der Waals surface area contributed by atoms with Crippen molar-refractivity contribution in [3.8, 4) is 0 Å². The molecule has 0 radical (unpaired) electrons. The largest absolute Gasteiger partial charge is 0.342 e. The Labute approximate surface area is 190 Å². The summed E-state index contributed by atoms with van der Waals surface area (Å²) in [7, 11) is 1.81. The van der Waals surface area contributed by atoms with Crippen molar-refractivity contribution in [3.05, 3.63) is 70.5 Å². The molecule has 1 aromatic heterocycles. The first-order valence-electron chi connectivity index (χ1n) is 9.85. The molecule has 0 fully saturated rings. The molecule has 3 rings (SSSR count). The fourth-order valence-corrected chi connectivity index (χ4v) is 3.89. The van der Waals surface area contributed by atoms with Crippen LogP contribution in [0.1, 0.15) is 41.6 Å². The number of benzene rings is 2. The lowest BCUT2D eigenvalue weighted by Crippen LogP contribution is -2.28. The molecule has 0 aliphatic rings. The van der Waals surface area contributed by atoms with E-state index in [1.54, 1.807) is 28.8 Å². The van der Waals surface area contributed by atoms with E-state index in [1.165, 1.54) is 11.8 Å². The van der Waals surface area contributed by atoms with E-state index >= 15 is 0 Å². The Balaban J connectivity index is 1.58. The highest BCUT2D eigenvalue weighted by atomic mass is 35.5. The van der Waals surface area contributed by atoms with Gasteiger partial charge in [0.25, 0.3) is 5.91 Å². The van der Waals surface area contributed by atoms with Crippen molar-refractivity contribution < 1.29 is 9.59 Å². The lowest BCUT2D eigenvalue weighted by Gasteiger charge is -2.14. The molecule has 1 atom stereocenters. The van der Waals surface area contributed by atoms with Gasteiger partial charge < -0.3 is 15.2 Å². The van der Waals surface area contributed by atoms with Crippen LogP contribution >= 0.6 is 23.4 Å². The maximum absolute atomic E-state index is 12.4. The molecule has 0 aliphatic heterocycles. The van der Waals surface area contributed by atoms with Crippen LogP contribution in [0, 0.1) is 0 Å². The van der Waals surface area contributed by atoms with Crippen molar-refractivity contribution in [2.75, 3.05) is 11.1 Å². The number of amides is 2. The van der Waals surface area contributed by atoms with Crippen LogP contribution in [-0.4, -0.2) is 32.3 Å². The Morgan fingerprint density at radius 2 is 1.84 bits per heavy atom. The monoisotopic (exact) mass is 457 g/mol. The van der Waals surface area contributed by atoms with Crippen LogP contribution in [-0.2, 0) is 18.3 Å². The number of carbonyl (C=O) groups is 2. The lowest BCUT2D eigenvalue weighted by atomic mass is 10.1. The summed E-state index contributed by atoms with van der Waals surface area (Å²) in [6.45, 7) is 3.88. The molecule has 2 amide bonds. The first kappa shape index (κ1) is 22.8. The average Bonchev–Trinajstić information content (AvgIpc) is 3.13.